The summed E-state index contributed by atoms with van der Waals surface area (Å²) in [6.07, 6.45) is 3.43. The van der Waals surface area contributed by atoms with Crippen LogP contribution in [-0.4, -0.2) is 24.0 Å². The van der Waals surface area contributed by atoms with Gasteiger partial charge in [0.2, 0.25) is 0 Å². The average molecular weight is 318 g/mol. The van der Waals surface area contributed by atoms with Gasteiger partial charge in [0.05, 0.1) is 0 Å². The highest BCUT2D eigenvalue weighted by Gasteiger charge is 2.05. The molecular formula is C17H20ClN3O. The van der Waals surface area contributed by atoms with Crippen molar-refractivity contribution >= 4 is 23.3 Å². The summed E-state index contributed by atoms with van der Waals surface area (Å²) in [5.74, 6) is 0.642. The number of anilines is 1. The Kier molecular flexibility index (Phi) is 6.22. The molecule has 2 N–H and O–H groups in total. The maximum absolute atomic E-state index is 11.9. The van der Waals surface area contributed by atoms with Gasteiger partial charge in [-0.3, -0.25) is 4.79 Å². The molecule has 5 heteroatoms. The van der Waals surface area contributed by atoms with Crippen LogP contribution in [0, 0.1) is 0 Å². The summed E-state index contributed by atoms with van der Waals surface area (Å²) in [6.45, 7) is 3.45. The lowest BCUT2D eigenvalue weighted by Crippen LogP contribution is -2.24. The maximum Gasteiger partial charge on any atom is 0.251 e. The van der Waals surface area contributed by atoms with Crippen molar-refractivity contribution < 1.29 is 4.79 Å². The monoisotopic (exact) mass is 317 g/mol. The van der Waals surface area contributed by atoms with Crippen LogP contribution in [0.15, 0.2) is 42.6 Å². The number of hydrogen-bond donors (Lipinski definition) is 2. The van der Waals surface area contributed by atoms with Crippen molar-refractivity contribution in [2.24, 2.45) is 0 Å². The molecule has 0 saturated carbocycles. The molecule has 22 heavy (non-hydrogen) atoms. The van der Waals surface area contributed by atoms with Gasteiger partial charge in [0, 0.05) is 29.9 Å². The van der Waals surface area contributed by atoms with E-state index in [4.69, 9.17) is 11.6 Å². The molecule has 116 valence electrons. The molecule has 0 radical (unpaired) electrons. The molecule has 0 aliphatic heterocycles. The minimum Gasteiger partial charge on any atom is -0.370 e. The third-order valence-corrected chi connectivity index (χ3v) is 3.44. The van der Waals surface area contributed by atoms with Gasteiger partial charge in [-0.05, 0) is 42.7 Å². The summed E-state index contributed by atoms with van der Waals surface area (Å²) in [5.41, 5.74) is 1.83. The van der Waals surface area contributed by atoms with E-state index in [1.807, 2.05) is 31.2 Å². The molecule has 0 aliphatic rings. The zero-order valence-corrected chi connectivity index (χ0v) is 13.4. The quantitative estimate of drug-likeness (QED) is 0.821. The topological polar surface area (TPSA) is 54.0 Å². The van der Waals surface area contributed by atoms with E-state index in [0.29, 0.717) is 17.9 Å². The van der Waals surface area contributed by atoms with Crippen molar-refractivity contribution in [3.63, 3.8) is 0 Å². The normalized spacial score (nSPS) is 10.3. The maximum atomic E-state index is 11.9. The lowest BCUT2D eigenvalue weighted by molar-refractivity contribution is 0.0953. The molecule has 0 bridgehead atoms. The van der Waals surface area contributed by atoms with Gasteiger partial charge in [-0.15, -0.1) is 0 Å². The van der Waals surface area contributed by atoms with Crippen LogP contribution in [0.5, 0.6) is 0 Å². The summed E-state index contributed by atoms with van der Waals surface area (Å²) in [5, 5.41) is 6.83. The first-order valence-corrected chi connectivity index (χ1v) is 7.79. The van der Waals surface area contributed by atoms with E-state index in [2.05, 4.69) is 15.6 Å². The lowest BCUT2D eigenvalue weighted by atomic mass is 10.1. The Labute approximate surface area is 135 Å². The zero-order valence-electron chi connectivity index (χ0n) is 12.6. The number of halogens is 1. The van der Waals surface area contributed by atoms with Gasteiger partial charge in [-0.1, -0.05) is 30.7 Å². The molecular weight excluding hydrogens is 298 g/mol. The zero-order chi connectivity index (χ0) is 15.8. The molecule has 1 amide bonds. The molecule has 1 aromatic heterocycles. The second kappa shape index (κ2) is 8.39. The Balaban J connectivity index is 1.87. The van der Waals surface area contributed by atoms with Crippen molar-refractivity contribution in [1.29, 1.82) is 0 Å². The fourth-order valence-corrected chi connectivity index (χ4v) is 2.12. The number of aromatic nitrogens is 1. The van der Waals surface area contributed by atoms with Crippen LogP contribution in [0.1, 0.15) is 29.3 Å². The van der Waals surface area contributed by atoms with Gasteiger partial charge in [0.1, 0.15) is 5.82 Å². The van der Waals surface area contributed by atoms with Crippen LogP contribution in [0.2, 0.25) is 5.02 Å². The van der Waals surface area contributed by atoms with Gasteiger partial charge >= 0.3 is 0 Å². The standard InChI is InChI=1S/C17H20ClN3O/c1-2-9-21-17(22)14-8-11-20-16(12-14)19-10-7-13-3-5-15(18)6-4-13/h3-6,8,11-12H,2,7,9-10H2,1H3,(H,19,20)(H,21,22). The summed E-state index contributed by atoms with van der Waals surface area (Å²) < 4.78 is 0. The third-order valence-electron chi connectivity index (χ3n) is 3.19. The molecule has 0 aliphatic carbocycles. The van der Waals surface area contributed by atoms with Crippen molar-refractivity contribution in [2.45, 2.75) is 19.8 Å². The predicted octanol–water partition coefficient (Wildman–Crippen LogP) is 3.53. The number of rotatable bonds is 7. The summed E-state index contributed by atoms with van der Waals surface area (Å²) >= 11 is 5.86. The van der Waals surface area contributed by atoms with Gasteiger partial charge in [-0.25, -0.2) is 4.98 Å². The average Bonchev–Trinajstić information content (AvgIpc) is 2.55. The number of carbonyl (C=O) groups is 1. The second-order valence-corrected chi connectivity index (χ2v) is 5.43. The molecule has 2 rings (SSSR count). The predicted molar refractivity (Wildman–Crippen MR) is 90.5 cm³/mol. The van der Waals surface area contributed by atoms with E-state index in [-0.39, 0.29) is 5.91 Å². The van der Waals surface area contributed by atoms with E-state index in [0.717, 1.165) is 24.4 Å². The van der Waals surface area contributed by atoms with Crippen LogP contribution in [0.4, 0.5) is 5.82 Å². The Morgan fingerprint density at radius 1 is 1.18 bits per heavy atom. The van der Waals surface area contributed by atoms with Gasteiger partial charge < -0.3 is 10.6 Å². The molecule has 1 aromatic carbocycles. The SMILES string of the molecule is CCCNC(=O)c1ccnc(NCCc2ccc(Cl)cc2)c1. The van der Waals surface area contributed by atoms with Gasteiger partial charge in [-0.2, -0.15) is 0 Å². The molecule has 0 fully saturated rings. The Morgan fingerprint density at radius 3 is 2.68 bits per heavy atom. The number of benzene rings is 1. The molecule has 0 atom stereocenters. The molecule has 2 aromatic rings. The first-order valence-electron chi connectivity index (χ1n) is 7.41. The van der Waals surface area contributed by atoms with Crippen LogP contribution >= 0.6 is 11.6 Å². The highest BCUT2D eigenvalue weighted by Crippen LogP contribution is 2.11. The first-order chi connectivity index (χ1) is 10.7. The highest BCUT2D eigenvalue weighted by atomic mass is 35.5. The highest BCUT2D eigenvalue weighted by molar-refractivity contribution is 6.30. The van der Waals surface area contributed by atoms with Gasteiger partial charge in [0.15, 0.2) is 0 Å². The van der Waals surface area contributed by atoms with Crippen LogP contribution in [0.25, 0.3) is 0 Å². The fraction of sp³-hybridized carbons (Fsp3) is 0.294. The Morgan fingerprint density at radius 2 is 1.95 bits per heavy atom. The number of nitrogens with one attached hydrogen (secondary N) is 2. The van der Waals surface area contributed by atoms with Crippen molar-refractivity contribution in [3.05, 3.63) is 58.7 Å². The first kappa shape index (κ1) is 16.3. The van der Waals surface area contributed by atoms with E-state index < -0.39 is 0 Å². The number of pyridine rings is 1. The minimum atomic E-state index is -0.0648. The van der Waals surface area contributed by atoms with Crippen molar-refractivity contribution in [3.8, 4) is 0 Å². The van der Waals surface area contributed by atoms with E-state index in [1.165, 1.54) is 5.56 Å². The minimum absolute atomic E-state index is 0.0648. The van der Waals surface area contributed by atoms with Crippen LogP contribution in [0.3, 0.4) is 0 Å². The van der Waals surface area contributed by atoms with E-state index in [1.54, 1.807) is 18.3 Å². The van der Waals surface area contributed by atoms with Crippen LogP contribution in [-0.2, 0) is 6.42 Å². The third kappa shape index (κ3) is 5.04. The molecule has 4 nitrogen and oxygen atoms in total. The van der Waals surface area contributed by atoms with Crippen molar-refractivity contribution in [2.75, 3.05) is 18.4 Å². The number of amides is 1. The molecule has 1 heterocycles. The summed E-state index contributed by atoms with van der Waals surface area (Å²) in [7, 11) is 0. The number of nitrogens with zero attached hydrogens (tertiary/aromatic N) is 1. The molecule has 0 saturated heterocycles. The molecule has 0 spiro atoms. The van der Waals surface area contributed by atoms with E-state index >= 15 is 0 Å². The second-order valence-electron chi connectivity index (χ2n) is 4.99. The van der Waals surface area contributed by atoms with Gasteiger partial charge in [0.25, 0.3) is 5.91 Å². The summed E-state index contributed by atoms with van der Waals surface area (Å²) in [4.78, 5) is 16.1. The lowest BCUT2D eigenvalue weighted by Gasteiger charge is -2.08. The fourth-order valence-electron chi connectivity index (χ4n) is 2.00. The van der Waals surface area contributed by atoms with Crippen LogP contribution < -0.4 is 10.6 Å². The largest absolute Gasteiger partial charge is 0.370 e. The number of carbonyl (C=O) groups excluding carboxylic acids is 1. The number of hydrogen-bond acceptors (Lipinski definition) is 3. The Hall–Kier alpha value is -2.07. The van der Waals surface area contributed by atoms with Crippen molar-refractivity contribution in [1.82, 2.24) is 10.3 Å². The smallest absolute Gasteiger partial charge is 0.251 e. The molecule has 0 unspecified atom stereocenters. The Bertz CT molecular complexity index is 614. The summed E-state index contributed by atoms with van der Waals surface area (Å²) in [6, 6.07) is 11.3. The van der Waals surface area contributed by atoms with E-state index in [9.17, 15) is 4.79 Å².